The lowest BCUT2D eigenvalue weighted by Crippen LogP contribution is -1.96. The molecule has 0 aliphatic carbocycles. The van der Waals surface area contributed by atoms with Crippen molar-refractivity contribution < 1.29 is 4.79 Å². The lowest BCUT2D eigenvalue weighted by molar-refractivity contribution is 0.112. The zero-order chi connectivity index (χ0) is 7.56. The molecule has 1 rings (SSSR count). The van der Waals surface area contributed by atoms with E-state index >= 15 is 0 Å². The van der Waals surface area contributed by atoms with Crippen molar-refractivity contribution in [2.24, 2.45) is 0 Å². The lowest BCUT2D eigenvalue weighted by Gasteiger charge is -1.96. The van der Waals surface area contributed by atoms with Crippen molar-refractivity contribution in [1.82, 2.24) is 4.98 Å². The molecule has 0 bridgehead atoms. The smallest absolute Gasteiger partial charge is 0.153 e. The normalized spacial score (nSPS) is 9.30. The Morgan fingerprint density at radius 1 is 1.70 bits per heavy atom. The van der Waals surface area contributed by atoms with Gasteiger partial charge in [-0.1, -0.05) is 0 Å². The third-order valence-electron chi connectivity index (χ3n) is 1.21. The Morgan fingerprint density at radius 3 is 2.90 bits per heavy atom. The van der Waals surface area contributed by atoms with Crippen LogP contribution in [-0.4, -0.2) is 11.3 Å². The third kappa shape index (κ3) is 1.13. The highest BCUT2D eigenvalue weighted by Gasteiger charge is 1.96. The number of carbonyl (C=O) groups excluding carboxylic acids is 1. The first kappa shape index (κ1) is 6.74. The summed E-state index contributed by atoms with van der Waals surface area (Å²) in [4.78, 5) is 14.1. The summed E-state index contributed by atoms with van der Waals surface area (Å²) in [6.45, 7) is 1.86. The van der Waals surface area contributed by atoms with Gasteiger partial charge in [-0.2, -0.15) is 0 Å². The van der Waals surface area contributed by atoms with Crippen LogP contribution in [0.4, 0.5) is 5.82 Å². The molecule has 10 heavy (non-hydrogen) atoms. The first-order chi connectivity index (χ1) is 4.74. The van der Waals surface area contributed by atoms with Crippen LogP contribution in [0.3, 0.4) is 0 Å². The molecule has 1 heterocycles. The van der Waals surface area contributed by atoms with E-state index in [1.165, 1.54) is 0 Å². The number of hydrogen-bond donors (Lipinski definition) is 1. The van der Waals surface area contributed by atoms with Gasteiger partial charge in [0, 0.05) is 6.20 Å². The summed E-state index contributed by atoms with van der Waals surface area (Å²) in [5, 5.41) is 0. The lowest BCUT2D eigenvalue weighted by atomic mass is 10.2. The summed E-state index contributed by atoms with van der Waals surface area (Å²) in [7, 11) is 0. The number of aromatic nitrogens is 1. The average molecular weight is 136 g/mol. The fourth-order valence-corrected chi connectivity index (χ4v) is 0.697. The Morgan fingerprint density at radius 2 is 2.40 bits per heavy atom. The summed E-state index contributed by atoms with van der Waals surface area (Å²) < 4.78 is 0. The number of carbonyl (C=O) groups is 1. The molecule has 0 radical (unpaired) electrons. The summed E-state index contributed by atoms with van der Waals surface area (Å²) in [6.07, 6.45) is 2.33. The predicted molar refractivity (Wildman–Crippen MR) is 38.8 cm³/mol. The van der Waals surface area contributed by atoms with Crippen molar-refractivity contribution in [3.05, 3.63) is 23.4 Å². The van der Waals surface area contributed by atoms with Gasteiger partial charge in [-0.15, -0.1) is 0 Å². The molecular weight excluding hydrogens is 128 g/mol. The van der Waals surface area contributed by atoms with Crippen LogP contribution in [-0.2, 0) is 0 Å². The topological polar surface area (TPSA) is 56.0 Å². The molecular formula is C7H8N2O. The second kappa shape index (κ2) is 2.47. The number of rotatable bonds is 1. The second-order valence-corrected chi connectivity index (χ2v) is 2.10. The summed E-state index contributed by atoms with van der Waals surface area (Å²) >= 11 is 0. The number of aryl methyl sites for hydroxylation is 1. The average Bonchev–Trinajstić information content (AvgIpc) is 1.94. The van der Waals surface area contributed by atoms with Crippen LogP contribution in [0.15, 0.2) is 12.3 Å². The fourth-order valence-electron chi connectivity index (χ4n) is 0.697. The number of nitrogens with two attached hydrogens (primary N) is 1. The number of pyridine rings is 1. The van der Waals surface area contributed by atoms with Crippen molar-refractivity contribution in [3.63, 3.8) is 0 Å². The van der Waals surface area contributed by atoms with E-state index in [0.717, 1.165) is 5.56 Å². The molecule has 0 amide bonds. The van der Waals surface area contributed by atoms with Crippen LogP contribution in [0.1, 0.15) is 15.9 Å². The van der Waals surface area contributed by atoms with E-state index in [4.69, 9.17) is 5.73 Å². The monoisotopic (exact) mass is 136 g/mol. The summed E-state index contributed by atoms with van der Waals surface area (Å²) in [5.41, 5.74) is 6.76. The molecule has 0 saturated heterocycles. The fraction of sp³-hybridized carbons (Fsp3) is 0.143. The summed E-state index contributed by atoms with van der Waals surface area (Å²) in [6, 6.07) is 1.70. The van der Waals surface area contributed by atoms with Crippen molar-refractivity contribution in [3.8, 4) is 0 Å². The van der Waals surface area contributed by atoms with Gasteiger partial charge in [0.2, 0.25) is 0 Å². The Balaban J connectivity index is 3.21. The van der Waals surface area contributed by atoms with Gasteiger partial charge in [0.1, 0.15) is 5.82 Å². The van der Waals surface area contributed by atoms with Crippen LogP contribution >= 0.6 is 0 Å². The van der Waals surface area contributed by atoms with E-state index in [-0.39, 0.29) is 0 Å². The Labute approximate surface area is 58.9 Å². The molecule has 2 N–H and O–H groups in total. The molecule has 1 aromatic rings. The van der Waals surface area contributed by atoms with Gasteiger partial charge >= 0.3 is 0 Å². The Hall–Kier alpha value is -1.38. The van der Waals surface area contributed by atoms with E-state index < -0.39 is 0 Å². The number of hydrogen-bond acceptors (Lipinski definition) is 3. The molecule has 0 aliphatic heterocycles. The highest BCUT2D eigenvalue weighted by molar-refractivity contribution is 5.81. The molecule has 0 aliphatic rings. The number of nitrogen functional groups attached to an aromatic ring is 1. The van der Waals surface area contributed by atoms with Crippen LogP contribution in [0, 0.1) is 6.92 Å². The van der Waals surface area contributed by atoms with E-state index in [9.17, 15) is 4.79 Å². The van der Waals surface area contributed by atoms with Crippen LogP contribution < -0.4 is 5.73 Å². The molecule has 3 nitrogen and oxygen atoms in total. The van der Waals surface area contributed by atoms with Gasteiger partial charge in [0.05, 0.1) is 5.56 Å². The first-order valence-corrected chi connectivity index (χ1v) is 2.91. The minimum atomic E-state index is 0.292. The van der Waals surface area contributed by atoms with Crippen molar-refractivity contribution in [2.75, 3.05) is 5.73 Å². The SMILES string of the molecule is Cc1cnc(N)c(C=O)c1. The van der Waals surface area contributed by atoms with Crippen LogP contribution in [0.2, 0.25) is 0 Å². The third-order valence-corrected chi connectivity index (χ3v) is 1.21. The maximum atomic E-state index is 10.3. The van der Waals surface area contributed by atoms with Gasteiger partial charge in [0.25, 0.3) is 0 Å². The van der Waals surface area contributed by atoms with Gasteiger partial charge < -0.3 is 5.73 Å². The molecule has 0 aromatic carbocycles. The standard InChI is InChI=1S/C7H8N2O/c1-5-2-6(4-10)7(8)9-3-5/h2-4H,1H3,(H2,8,9). The maximum absolute atomic E-state index is 10.3. The van der Waals surface area contributed by atoms with Gasteiger partial charge in [-0.25, -0.2) is 4.98 Å². The number of nitrogens with zero attached hydrogens (tertiary/aromatic N) is 1. The molecule has 0 spiro atoms. The minimum Gasteiger partial charge on any atom is -0.383 e. The molecule has 1 aromatic heterocycles. The van der Waals surface area contributed by atoms with E-state index in [0.29, 0.717) is 17.7 Å². The second-order valence-electron chi connectivity index (χ2n) is 2.10. The van der Waals surface area contributed by atoms with E-state index in [1.807, 2.05) is 6.92 Å². The zero-order valence-electron chi connectivity index (χ0n) is 5.66. The first-order valence-electron chi connectivity index (χ1n) is 2.91. The Bertz CT molecular complexity index is 258. The van der Waals surface area contributed by atoms with Gasteiger partial charge in [-0.3, -0.25) is 4.79 Å². The number of aldehydes is 1. The quantitative estimate of drug-likeness (QED) is 0.580. The maximum Gasteiger partial charge on any atom is 0.153 e. The van der Waals surface area contributed by atoms with Gasteiger partial charge in [-0.05, 0) is 18.6 Å². The molecule has 0 fully saturated rings. The van der Waals surface area contributed by atoms with Gasteiger partial charge in [0.15, 0.2) is 6.29 Å². The molecule has 0 saturated carbocycles. The number of anilines is 1. The minimum absolute atomic E-state index is 0.292. The molecule has 52 valence electrons. The molecule has 0 unspecified atom stereocenters. The van der Waals surface area contributed by atoms with E-state index in [1.54, 1.807) is 12.3 Å². The zero-order valence-corrected chi connectivity index (χ0v) is 5.66. The predicted octanol–water partition coefficient (Wildman–Crippen LogP) is 0.785. The van der Waals surface area contributed by atoms with Crippen molar-refractivity contribution in [1.29, 1.82) is 0 Å². The molecule has 0 atom stereocenters. The highest BCUT2D eigenvalue weighted by atomic mass is 16.1. The van der Waals surface area contributed by atoms with Crippen LogP contribution in [0.5, 0.6) is 0 Å². The largest absolute Gasteiger partial charge is 0.383 e. The van der Waals surface area contributed by atoms with Crippen molar-refractivity contribution in [2.45, 2.75) is 6.92 Å². The van der Waals surface area contributed by atoms with Crippen molar-refractivity contribution >= 4 is 12.1 Å². The summed E-state index contributed by atoms with van der Waals surface area (Å²) in [5.74, 6) is 0.292. The Kier molecular flexibility index (Phi) is 1.67. The van der Waals surface area contributed by atoms with E-state index in [2.05, 4.69) is 4.98 Å². The highest BCUT2D eigenvalue weighted by Crippen LogP contribution is 2.06. The van der Waals surface area contributed by atoms with Crippen LogP contribution in [0.25, 0.3) is 0 Å². The molecule has 3 heteroatoms.